The fraction of sp³-hybridized carbons (Fsp3) is 0.351. The lowest BCUT2D eigenvalue weighted by atomic mass is 9.90. The summed E-state index contributed by atoms with van der Waals surface area (Å²) in [5, 5.41) is 4.53. The van der Waals surface area contributed by atoms with E-state index in [1.54, 1.807) is 30.3 Å². The molecule has 1 fully saturated rings. The molecular weight excluding hydrogens is 689 g/mol. The number of amides is 3. The third-order valence-electron chi connectivity index (χ3n) is 10.1. The number of anilines is 1. The number of hydrogen-bond donors (Lipinski definition) is 2. The monoisotopic (exact) mass is 730 g/mol. The molecular formula is C37H42N6O8S. The molecule has 1 saturated heterocycles. The highest BCUT2D eigenvalue weighted by molar-refractivity contribution is 7.86. The van der Waals surface area contributed by atoms with Crippen molar-refractivity contribution < 1.29 is 36.8 Å². The van der Waals surface area contributed by atoms with Crippen LogP contribution in [-0.4, -0.2) is 90.7 Å². The van der Waals surface area contributed by atoms with Crippen LogP contribution in [0.15, 0.2) is 71.6 Å². The Labute approximate surface area is 302 Å². The number of imide groups is 1. The average molecular weight is 731 g/mol. The number of carbonyl (C=O) groups excluding carboxylic acids is 3. The summed E-state index contributed by atoms with van der Waals surface area (Å²) < 4.78 is 47.8. The van der Waals surface area contributed by atoms with E-state index in [4.69, 9.17) is 15.2 Å². The Morgan fingerprint density at radius 2 is 1.62 bits per heavy atom. The predicted octanol–water partition coefficient (Wildman–Crippen LogP) is 3.91. The maximum absolute atomic E-state index is 15.0. The van der Waals surface area contributed by atoms with Crippen LogP contribution in [0.4, 0.5) is 5.69 Å². The first-order chi connectivity index (χ1) is 24.7. The lowest BCUT2D eigenvalue weighted by molar-refractivity contribution is -0.118. The van der Waals surface area contributed by atoms with Crippen LogP contribution >= 0.6 is 0 Å². The van der Waals surface area contributed by atoms with Gasteiger partial charge >= 0.3 is 0 Å². The largest absolute Gasteiger partial charge is 0.493 e. The number of nitrogens with two attached hydrogens (primary N) is 1. The molecule has 3 N–H and O–H groups in total. The second-order valence-corrected chi connectivity index (χ2v) is 14.4. The summed E-state index contributed by atoms with van der Waals surface area (Å²) >= 11 is 0. The van der Waals surface area contributed by atoms with Crippen molar-refractivity contribution in [2.24, 2.45) is 5.73 Å². The van der Waals surface area contributed by atoms with E-state index in [1.807, 2.05) is 24.3 Å². The Hall–Kier alpha value is -5.25. The second kappa shape index (κ2) is 14.1. The predicted molar refractivity (Wildman–Crippen MR) is 192 cm³/mol. The van der Waals surface area contributed by atoms with Gasteiger partial charge in [0.15, 0.2) is 17.2 Å². The van der Waals surface area contributed by atoms with Gasteiger partial charge in [-0.2, -0.15) is 13.5 Å². The molecule has 52 heavy (non-hydrogen) atoms. The summed E-state index contributed by atoms with van der Waals surface area (Å²) in [4.78, 5) is 47.3. The van der Waals surface area contributed by atoms with Gasteiger partial charge in [0.25, 0.3) is 21.9 Å². The number of piperazine rings is 1. The third kappa shape index (κ3) is 6.18. The van der Waals surface area contributed by atoms with Gasteiger partial charge in [-0.1, -0.05) is 42.5 Å². The number of nitrogens with zero attached hydrogens (tertiary/aromatic N) is 5. The lowest BCUT2D eigenvalue weighted by Crippen LogP contribution is -2.55. The van der Waals surface area contributed by atoms with Gasteiger partial charge < -0.3 is 20.1 Å². The minimum atomic E-state index is -4.81. The number of primary amides is 1. The van der Waals surface area contributed by atoms with Crippen LogP contribution < -0.4 is 20.1 Å². The SMILES string of the molecule is COc1ccc(C(CCC(N)=O)(N2C(=O)c3cccc(N4CCN(C(C)c5ccccc5)CC4)c3C2=O)n2nc(C)c(S(=O)(=O)O)c2C)cc1OC. The Morgan fingerprint density at radius 1 is 0.942 bits per heavy atom. The summed E-state index contributed by atoms with van der Waals surface area (Å²) in [5.41, 5.74) is 5.93. The molecule has 274 valence electrons. The topological polar surface area (TPSA) is 178 Å². The molecule has 2 aliphatic heterocycles. The maximum Gasteiger partial charge on any atom is 0.298 e. The zero-order chi connectivity index (χ0) is 37.5. The van der Waals surface area contributed by atoms with E-state index in [0.29, 0.717) is 37.6 Å². The van der Waals surface area contributed by atoms with Gasteiger partial charge in [0.05, 0.1) is 42.4 Å². The summed E-state index contributed by atoms with van der Waals surface area (Å²) in [7, 11) is -1.95. The zero-order valence-electron chi connectivity index (χ0n) is 29.7. The van der Waals surface area contributed by atoms with E-state index in [9.17, 15) is 22.6 Å². The van der Waals surface area contributed by atoms with Crippen LogP contribution in [0.2, 0.25) is 0 Å². The fourth-order valence-corrected chi connectivity index (χ4v) is 8.49. The third-order valence-corrected chi connectivity index (χ3v) is 11.3. The Balaban J connectivity index is 1.50. The van der Waals surface area contributed by atoms with Gasteiger partial charge in [-0.05, 0) is 50.6 Å². The maximum atomic E-state index is 15.0. The van der Waals surface area contributed by atoms with Crippen molar-refractivity contribution in [2.45, 2.75) is 50.2 Å². The first kappa shape index (κ1) is 36.5. The smallest absolute Gasteiger partial charge is 0.298 e. The molecule has 2 unspecified atom stereocenters. The summed E-state index contributed by atoms with van der Waals surface area (Å²) in [6, 6.07) is 20.2. The molecule has 0 saturated carbocycles. The fourth-order valence-electron chi connectivity index (χ4n) is 7.61. The molecule has 0 spiro atoms. The van der Waals surface area contributed by atoms with Crippen molar-refractivity contribution in [1.29, 1.82) is 0 Å². The van der Waals surface area contributed by atoms with Crippen molar-refractivity contribution in [3.8, 4) is 11.5 Å². The molecule has 0 radical (unpaired) electrons. The molecule has 2 atom stereocenters. The van der Waals surface area contributed by atoms with Crippen LogP contribution in [0.5, 0.6) is 11.5 Å². The molecule has 4 aromatic rings. The molecule has 3 aromatic carbocycles. The lowest BCUT2D eigenvalue weighted by Gasteiger charge is -2.42. The van der Waals surface area contributed by atoms with Crippen molar-refractivity contribution >= 4 is 33.5 Å². The highest BCUT2D eigenvalue weighted by atomic mass is 32.2. The van der Waals surface area contributed by atoms with E-state index in [1.165, 1.54) is 38.3 Å². The van der Waals surface area contributed by atoms with Crippen molar-refractivity contribution in [3.63, 3.8) is 0 Å². The van der Waals surface area contributed by atoms with Crippen molar-refractivity contribution in [2.75, 3.05) is 45.3 Å². The number of aryl methyl sites for hydroxylation is 1. The highest BCUT2D eigenvalue weighted by Gasteiger charge is 2.54. The highest BCUT2D eigenvalue weighted by Crippen LogP contribution is 2.46. The standard InChI is InChI=1S/C37H42N6O8S/c1-23-34(52(47,48)49)25(3)43(39-23)37(17-16-32(38)44,27-14-15-30(50-4)31(22-27)51-5)42-35(45)28-12-9-13-29(33(28)36(42)46)41-20-18-40(19-21-41)24(2)26-10-7-6-8-11-26/h6-15,22,24H,16-21H2,1-5H3,(H2,38,44)(H,47,48,49). The van der Waals surface area contributed by atoms with Gasteiger partial charge in [-0.15, -0.1) is 0 Å². The average Bonchev–Trinajstić information content (AvgIpc) is 3.59. The summed E-state index contributed by atoms with van der Waals surface area (Å²) in [6.45, 7) is 7.56. The number of benzene rings is 3. The summed E-state index contributed by atoms with van der Waals surface area (Å²) in [5.74, 6) is -1.51. The number of methoxy groups -OCH3 is 2. The Bertz CT molecular complexity index is 2150. The minimum absolute atomic E-state index is 0.0697. The van der Waals surface area contributed by atoms with E-state index in [-0.39, 0.29) is 52.7 Å². The number of rotatable bonds is 12. The quantitative estimate of drug-likeness (QED) is 0.160. The molecule has 6 rings (SSSR count). The van der Waals surface area contributed by atoms with Gasteiger partial charge in [0, 0.05) is 50.6 Å². The van der Waals surface area contributed by atoms with Gasteiger partial charge in [0.1, 0.15) is 4.90 Å². The van der Waals surface area contributed by atoms with Gasteiger partial charge in [-0.25, -0.2) is 9.58 Å². The van der Waals surface area contributed by atoms with Crippen LogP contribution in [-0.2, 0) is 20.6 Å². The minimum Gasteiger partial charge on any atom is -0.493 e. The number of fused-ring (bicyclic) bond motifs is 1. The van der Waals surface area contributed by atoms with Crippen molar-refractivity contribution in [1.82, 2.24) is 19.6 Å². The van der Waals surface area contributed by atoms with Crippen molar-refractivity contribution in [3.05, 3.63) is 100 Å². The van der Waals surface area contributed by atoms with Crippen LogP contribution in [0, 0.1) is 13.8 Å². The number of carbonyl (C=O) groups is 3. The Morgan fingerprint density at radius 3 is 2.21 bits per heavy atom. The van der Waals surface area contributed by atoms with Crippen LogP contribution in [0.25, 0.3) is 0 Å². The molecule has 14 nitrogen and oxygen atoms in total. The van der Waals surface area contributed by atoms with Gasteiger partial charge in [0.2, 0.25) is 5.91 Å². The number of ether oxygens (including phenoxy) is 2. The zero-order valence-corrected chi connectivity index (χ0v) is 30.5. The van der Waals surface area contributed by atoms with E-state index < -0.39 is 38.4 Å². The van der Waals surface area contributed by atoms with E-state index in [0.717, 1.165) is 4.90 Å². The Kier molecular flexibility index (Phi) is 9.87. The molecule has 3 amide bonds. The molecule has 0 bridgehead atoms. The second-order valence-electron chi connectivity index (χ2n) is 13.0. The molecule has 2 aliphatic rings. The number of aromatic nitrogens is 2. The first-order valence-electron chi connectivity index (χ1n) is 16.9. The summed E-state index contributed by atoms with van der Waals surface area (Å²) in [6.07, 6.45) is -0.628. The number of hydrogen-bond acceptors (Lipinski definition) is 10. The van der Waals surface area contributed by atoms with Crippen LogP contribution in [0.3, 0.4) is 0 Å². The molecule has 15 heteroatoms. The molecule has 0 aliphatic carbocycles. The van der Waals surface area contributed by atoms with E-state index in [2.05, 4.69) is 34.0 Å². The normalized spacial score (nSPS) is 16.8. The van der Waals surface area contributed by atoms with Crippen LogP contribution in [0.1, 0.15) is 69.0 Å². The molecule has 1 aromatic heterocycles. The molecule has 3 heterocycles. The van der Waals surface area contributed by atoms with Gasteiger partial charge in [-0.3, -0.25) is 23.8 Å². The first-order valence-corrected chi connectivity index (χ1v) is 18.3. The van der Waals surface area contributed by atoms with E-state index >= 15 is 4.79 Å².